The zero-order valence-electron chi connectivity index (χ0n) is 13.3. The summed E-state index contributed by atoms with van der Waals surface area (Å²) in [5.74, 6) is 0. The Morgan fingerprint density at radius 2 is 2.00 bits per heavy atom. The molecule has 0 atom stereocenters. The summed E-state index contributed by atoms with van der Waals surface area (Å²) in [6.07, 6.45) is 0.997. The molecule has 20 heavy (non-hydrogen) atoms. The Balaban J connectivity index is 2.63. The average Bonchev–Trinajstić information content (AvgIpc) is 2.35. The lowest BCUT2D eigenvalue weighted by Crippen LogP contribution is -2.35. The second-order valence-electron chi connectivity index (χ2n) is 6.16. The van der Waals surface area contributed by atoms with Gasteiger partial charge >= 0.3 is 0 Å². The van der Waals surface area contributed by atoms with Crippen LogP contribution in [0.3, 0.4) is 0 Å². The van der Waals surface area contributed by atoms with E-state index in [0.29, 0.717) is 0 Å². The molecule has 0 unspecified atom stereocenters. The minimum atomic E-state index is 0.113. The van der Waals surface area contributed by atoms with Gasteiger partial charge in [0.05, 0.1) is 10.7 Å². The van der Waals surface area contributed by atoms with Crippen LogP contribution in [0.2, 0.25) is 5.02 Å². The van der Waals surface area contributed by atoms with Crippen LogP contribution in [0.25, 0.3) is 0 Å². The molecule has 4 heteroatoms. The highest BCUT2D eigenvalue weighted by Gasteiger charge is 2.10. The van der Waals surface area contributed by atoms with Crippen LogP contribution in [0.4, 0.5) is 5.69 Å². The molecule has 0 radical (unpaired) electrons. The third kappa shape index (κ3) is 6.12. The normalized spacial score (nSPS) is 11.7. The van der Waals surface area contributed by atoms with Gasteiger partial charge in [0.1, 0.15) is 0 Å². The minimum absolute atomic E-state index is 0.113. The maximum Gasteiger partial charge on any atom is 0.0642 e. The van der Waals surface area contributed by atoms with Crippen molar-refractivity contribution in [1.29, 1.82) is 0 Å². The molecular formula is C16H27ClN2O. The molecule has 0 aliphatic carbocycles. The fourth-order valence-corrected chi connectivity index (χ4v) is 2.25. The fourth-order valence-electron chi connectivity index (χ4n) is 1.90. The molecule has 1 N–H and O–H groups in total. The molecular weight excluding hydrogens is 272 g/mol. The smallest absolute Gasteiger partial charge is 0.0642 e. The summed E-state index contributed by atoms with van der Waals surface area (Å²) < 4.78 is 5.07. The summed E-state index contributed by atoms with van der Waals surface area (Å²) in [5.41, 5.74) is 2.39. The van der Waals surface area contributed by atoms with Crippen LogP contribution in [0.15, 0.2) is 18.2 Å². The van der Waals surface area contributed by atoms with E-state index in [2.05, 4.69) is 50.2 Å². The van der Waals surface area contributed by atoms with Crippen LogP contribution in [0, 0.1) is 0 Å². The molecule has 0 spiro atoms. The van der Waals surface area contributed by atoms with Crippen molar-refractivity contribution in [1.82, 2.24) is 5.32 Å². The van der Waals surface area contributed by atoms with E-state index in [4.69, 9.17) is 16.3 Å². The molecule has 0 amide bonds. The first-order chi connectivity index (χ1) is 9.33. The number of halogens is 1. The van der Waals surface area contributed by atoms with E-state index < -0.39 is 0 Å². The van der Waals surface area contributed by atoms with Crippen molar-refractivity contribution in [3.05, 3.63) is 28.8 Å². The average molecular weight is 299 g/mol. The molecule has 0 saturated heterocycles. The number of rotatable bonds is 7. The van der Waals surface area contributed by atoms with Crippen molar-refractivity contribution in [2.45, 2.75) is 39.3 Å². The Morgan fingerprint density at radius 3 is 2.55 bits per heavy atom. The second kappa shape index (κ2) is 7.87. The molecule has 114 valence electrons. The quantitative estimate of drug-likeness (QED) is 0.777. The predicted molar refractivity (Wildman–Crippen MR) is 87.8 cm³/mol. The molecule has 0 bridgehead atoms. The first kappa shape index (κ1) is 17.3. The highest BCUT2D eigenvalue weighted by molar-refractivity contribution is 6.33. The Labute approximate surface area is 128 Å². The summed E-state index contributed by atoms with van der Waals surface area (Å²) in [5, 5.41) is 4.27. The zero-order valence-corrected chi connectivity index (χ0v) is 14.0. The van der Waals surface area contributed by atoms with E-state index in [1.54, 1.807) is 7.11 Å². The Morgan fingerprint density at radius 1 is 1.30 bits per heavy atom. The lowest BCUT2D eigenvalue weighted by atomic mass is 10.1. The molecule has 0 aliphatic rings. The molecule has 0 saturated carbocycles. The molecule has 1 rings (SSSR count). The van der Waals surface area contributed by atoms with Gasteiger partial charge in [-0.05, 0) is 44.9 Å². The molecule has 0 aromatic heterocycles. The van der Waals surface area contributed by atoms with Gasteiger partial charge in [0.25, 0.3) is 0 Å². The number of benzene rings is 1. The molecule has 3 nitrogen and oxygen atoms in total. The van der Waals surface area contributed by atoms with Crippen LogP contribution < -0.4 is 10.2 Å². The number of ether oxygens (including phenoxy) is 1. The van der Waals surface area contributed by atoms with Gasteiger partial charge in [-0.15, -0.1) is 0 Å². The van der Waals surface area contributed by atoms with E-state index in [0.717, 1.165) is 36.8 Å². The Hall–Kier alpha value is -0.770. The van der Waals surface area contributed by atoms with Crippen molar-refractivity contribution in [2.75, 3.05) is 32.2 Å². The Kier molecular flexibility index (Phi) is 6.80. The van der Waals surface area contributed by atoms with Crippen LogP contribution in [0.1, 0.15) is 32.8 Å². The largest absolute Gasteiger partial charge is 0.385 e. The SMILES string of the molecule is COCCCN(C)c1ccc(CNC(C)(C)C)cc1Cl. The number of methoxy groups -OCH3 is 1. The summed E-state index contributed by atoms with van der Waals surface area (Å²) in [6.45, 7) is 9.02. The molecule has 1 aromatic rings. The summed E-state index contributed by atoms with van der Waals surface area (Å²) in [6, 6.07) is 6.27. The zero-order chi connectivity index (χ0) is 15.2. The van der Waals surface area contributed by atoms with E-state index >= 15 is 0 Å². The lowest BCUT2D eigenvalue weighted by Gasteiger charge is -2.23. The third-order valence-electron chi connectivity index (χ3n) is 3.09. The third-order valence-corrected chi connectivity index (χ3v) is 3.39. The monoisotopic (exact) mass is 298 g/mol. The van der Waals surface area contributed by atoms with Crippen LogP contribution in [-0.4, -0.2) is 32.8 Å². The first-order valence-corrected chi connectivity index (χ1v) is 7.45. The van der Waals surface area contributed by atoms with E-state index in [9.17, 15) is 0 Å². The van der Waals surface area contributed by atoms with Crippen molar-refractivity contribution < 1.29 is 4.74 Å². The predicted octanol–water partition coefficient (Wildman–Crippen LogP) is 3.70. The van der Waals surface area contributed by atoms with E-state index in [1.165, 1.54) is 5.56 Å². The first-order valence-electron chi connectivity index (χ1n) is 7.07. The summed E-state index contributed by atoms with van der Waals surface area (Å²) >= 11 is 6.39. The standard InChI is InChI=1S/C16H27ClN2O/c1-16(2,3)18-12-13-7-8-15(14(17)11-13)19(4)9-6-10-20-5/h7-8,11,18H,6,9-10,12H2,1-5H3. The molecule has 0 aliphatic heterocycles. The van der Waals surface area contributed by atoms with Crippen LogP contribution in [0.5, 0.6) is 0 Å². The van der Waals surface area contributed by atoms with Gasteiger partial charge in [0, 0.05) is 39.4 Å². The lowest BCUT2D eigenvalue weighted by molar-refractivity contribution is 0.196. The number of anilines is 1. The number of nitrogens with one attached hydrogen (secondary N) is 1. The van der Waals surface area contributed by atoms with Gasteiger partial charge < -0.3 is 15.0 Å². The summed E-state index contributed by atoms with van der Waals surface area (Å²) in [7, 11) is 3.79. The van der Waals surface area contributed by atoms with Crippen molar-refractivity contribution in [3.63, 3.8) is 0 Å². The topological polar surface area (TPSA) is 24.5 Å². The fraction of sp³-hybridized carbons (Fsp3) is 0.625. The highest BCUT2D eigenvalue weighted by Crippen LogP contribution is 2.26. The minimum Gasteiger partial charge on any atom is -0.385 e. The number of hydrogen-bond acceptors (Lipinski definition) is 3. The number of nitrogens with zero attached hydrogens (tertiary/aromatic N) is 1. The van der Waals surface area contributed by atoms with Gasteiger partial charge in [-0.25, -0.2) is 0 Å². The number of hydrogen-bond donors (Lipinski definition) is 1. The van der Waals surface area contributed by atoms with Crippen LogP contribution in [-0.2, 0) is 11.3 Å². The molecule has 1 aromatic carbocycles. The van der Waals surface area contributed by atoms with Crippen LogP contribution >= 0.6 is 11.6 Å². The molecule has 0 heterocycles. The van der Waals surface area contributed by atoms with Gasteiger partial charge in [-0.1, -0.05) is 17.7 Å². The van der Waals surface area contributed by atoms with Gasteiger partial charge in [0.15, 0.2) is 0 Å². The van der Waals surface area contributed by atoms with Crippen molar-refractivity contribution in [2.24, 2.45) is 0 Å². The Bertz CT molecular complexity index is 415. The second-order valence-corrected chi connectivity index (χ2v) is 6.56. The van der Waals surface area contributed by atoms with E-state index in [-0.39, 0.29) is 5.54 Å². The van der Waals surface area contributed by atoms with Crippen molar-refractivity contribution >= 4 is 17.3 Å². The molecule has 0 fully saturated rings. The highest BCUT2D eigenvalue weighted by atomic mass is 35.5. The maximum absolute atomic E-state index is 6.39. The summed E-state index contributed by atoms with van der Waals surface area (Å²) in [4.78, 5) is 2.17. The van der Waals surface area contributed by atoms with Crippen molar-refractivity contribution in [3.8, 4) is 0 Å². The van der Waals surface area contributed by atoms with E-state index in [1.807, 2.05) is 6.07 Å². The van der Waals surface area contributed by atoms with Gasteiger partial charge in [-0.3, -0.25) is 0 Å². The van der Waals surface area contributed by atoms with Gasteiger partial charge in [0.2, 0.25) is 0 Å². The maximum atomic E-state index is 6.39. The van der Waals surface area contributed by atoms with Gasteiger partial charge in [-0.2, -0.15) is 0 Å².